The van der Waals surface area contributed by atoms with Crippen molar-refractivity contribution in [3.63, 3.8) is 0 Å². The van der Waals surface area contributed by atoms with Gasteiger partial charge in [0.25, 0.3) is 0 Å². The van der Waals surface area contributed by atoms with Gasteiger partial charge >= 0.3 is 276 Å². The molecule has 2 unspecified atom stereocenters. The molecule has 2 atom stereocenters. The number of hydrogen-bond acceptors (Lipinski definition) is 2. The van der Waals surface area contributed by atoms with Crippen LogP contribution in [0.5, 0.6) is 11.5 Å². The van der Waals surface area contributed by atoms with Crippen molar-refractivity contribution in [2.75, 3.05) is 14.2 Å². The van der Waals surface area contributed by atoms with Gasteiger partial charge < -0.3 is 0 Å². The molecule has 0 aliphatic heterocycles. The van der Waals surface area contributed by atoms with Gasteiger partial charge in [0.1, 0.15) is 0 Å². The van der Waals surface area contributed by atoms with Gasteiger partial charge in [-0.05, 0) is 0 Å². The molecule has 230 valence electrons. The first-order valence-corrected chi connectivity index (χ1v) is 18.2. The number of hydrogen-bond donors (Lipinski definition) is 0. The van der Waals surface area contributed by atoms with E-state index in [1.807, 2.05) is 14.2 Å². The van der Waals surface area contributed by atoms with E-state index in [0.717, 1.165) is 11.5 Å². The summed E-state index contributed by atoms with van der Waals surface area (Å²) in [4.78, 5) is 0. The third-order valence-corrected chi connectivity index (χ3v) is 13.0. The molecule has 43 heavy (non-hydrogen) atoms. The van der Waals surface area contributed by atoms with E-state index in [4.69, 9.17) is 9.47 Å². The van der Waals surface area contributed by atoms with Crippen molar-refractivity contribution in [2.24, 2.45) is 33.5 Å². The van der Waals surface area contributed by atoms with Crippen LogP contribution in [0.1, 0.15) is 94.2 Å². The van der Waals surface area contributed by atoms with Crippen molar-refractivity contribution in [3.8, 4) is 11.5 Å². The molecule has 0 radical (unpaired) electrons. The van der Waals surface area contributed by atoms with Gasteiger partial charge in [0, 0.05) is 0 Å². The van der Waals surface area contributed by atoms with Crippen molar-refractivity contribution >= 4 is 11.1 Å². The van der Waals surface area contributed by atoms with E-state index in [9.17, 15) is 0 Å². The standard InChI is InChI=1S/2C20H27O.Zr/c2*1-19(2,3)14-12-16(17(13-14)20(4,5)6)15-10-8-9-11-18(15)21-7;/h2*8-11,13-14H,1-7H3;. The topological polar surface area (TPSA) is 18.5 Å². The van der Waals surface area contributed by atoms with Crippen molar-refractivity contribution in [3.05, 3.63) is 89.5 Å². The van der Waals surface area contributed by atoms with Gasteiger partial charge in [-0.25, -0.2) is 0 Å². The van der Waals surface area contributed by atoms with E-state index in [0.29, 0.717) is 11.8 Å². The van der Waals surface area contributed by atoms with Gasteiger partial charge in [-0.15, -0.1) is 0 Å². The molecule has 2 aromatic rings. The minimum atomic E-state index is -1.37. The van der Waals surface area contributed by atoms with Crippen LogP contribution in [0.3, 0.4) is 0 Å². The predicted molar refractivity (Wildman–Crippen MR) is 181 cm³/mol. The Morgan fingerprint density at radius 3 is 1.12 bits per heavy atom. The summed E-state index contributed by atoms with van der Waals surface area (Å²) < 4.78 is 15.4. The Balaban J connectivity index is 2.14. The summed E-state index contributed by atoms with van der Waals surface area (Å²) in [5.74, 6) is 2.67. The van der Waals surface area contributed by atoms with Crippen molar-refractivity contribution in [1.82, 2.24) is 0 Å². The molecule has 0 aromatic heterocycles. The number of ether oxygens (including phenoxy) is 2. The normalized spacial score (nSPS) is 20.0. The average Bonchev–Trinajstić information content (AvgIpc) is 3.48. The minimum absolute atomic E-state index is 0.00857. The number of methoxy groups -OCH3 is 2. The molecule has 0 saturated heterocycles. The maximum atomic E-state index is 6.03. The van der Waals surface area contributed by atoms with Gasteiger partial charge in [-0.1, -0.05) is 0 Å². The average molecular weight is 658 g/mol. The number of para-hydroxylation sites is 2. The van der Waals surface area contributed by atoms with E-state index in [1.54, 1.807) is 6.56 Å². The van der Waals surface area contributed by atoms with Gasteiger partial charge in [0.2, 0.25) is 0 Å². The van der Waals surface area contributed by atoms with Crippen LogP contribution >= 0.6 is 0 Å². The molecule has 0 heterocycles. The molecule has 2 aliphatic carbocycles. The van der Waals surface area contributed by atoms with Crippen molar-refractivity contribution in [2.45, 2.75) is 83.1 Å². The van der Waals surface area contributed by atoms with Crippen LogP contribution in [0, 0.1) is 33.5 Å². The molecule has 0 spiro atoms. The Morgan fingerprint density at radius 2 is 0.837 bits per heavy atom. The summed E-state index contributed by atoms with van der Waals surface area (Å²) in [6.07, 6.45) is 5.25. The van der Waals surface area contributed by atoms with Crippen molar-refractivity contribution in [1.29, 1.82) is 0 Å². The van der Waals surface area contributed by atoms with Gasteiger partial charge in [0.15, 0.2) is 0 Å². The molecule has 2 aromatic carbocycles. The van der Waals surface area contributed by atoms with Gasteiger partial charge in [0.05, 0.1) is 0 Å². The quantitative estimate of drug-likeness (QED) is 0.308. The van der Waals surface area contributed by atoms with E-state index >= 15 is 0 Å². The fraction of sp³-hybridized carbons (Fsp3) is 0.500. The molecule has 2 aliphatic rings. The zero-order valence-electron chi connectivity index (χ0n) is 29.2. The predicted octanol–water partition coefficient (Wildman–Crippen LogP) is 11.2. The molecular formula is C40H54O2Zr. The number of allylic oxidation sites excluding steroid dienone is 8. The van der Waals surface area contributed by atoms with E-state index in [1.165, 1.54) is 33.4 Å². The molecule has 0 bridgehead atoms. The van der Waals surface area contributed by atoms with Gasteiger partial charge in [-0.2, -0.15) is 0 Å². The van der Waals surface area contributed by atoms with Gasteiger partial charge in [-0.3, -0.25) is 0 Å². The summed E-state index contributed by atoms with van der Waals surface area (Å²) >= 11 is -1.37. The van der Waals surface area contributed by atoms with Crippen LogP contribution in [0.4, 0.5) is 0 Å². The fourth-order valence-corrected chi connectivity index (χ4v) is 12.5. The summed E-state index contributed by atoms with van der Waals surface area (Å²) in [5, 5.41) is 0. The molecule has 0 saturated carbocycles. The first-order chi connectivity index (χ1) is 19.8. The van der Waals surface area contributed by atoms with Crippen LogP contribution in [0.2, 0.25) is 0 Å². The van der Waals surface area contributed by atoms with E-state index in [2.05, 4.69) is 144 Å². The number of benzene rings is 2. The molecular weight excluding hydrogens is 604 g/mol. The third kappa shape index (κ3) is 6.78. The first-order valence-electron chi connectivity index (χ1n) is 15.8. The molecule has 3 heteroatoms. The maximum absolute atomic E-state index is 6.03. The Bertz CT molecular complexity index is 1370. The molecule has 0 amide bonds. The van der Waals surface area contributed by atoms with Crippen LogP contribution in [-0.4, -0.2) is 14.2 Å². The van der Waals surface area contributed by atoms with E-state index < -0.39 is 23.2 Å². The molecule has 2 nitrogen and oxygen atoms in total. The Hall–Kier alpha value is -2.12. The molecule has 0 fully saturated rings. The second-order valence-corrected chi connectivity index (χ2v) is 19.7. The SMILES string of the molecule is COc1ccccc1C1=[C]([Zr][C]2=C(c3ccccc3OC)C(C(C)(C)C)=CC2C(C)(C)C)C(C(C)(C)C)C=C1C(C)(C)C. The summed E-state index contributed by atoms with van der Waals surface area (Å²) in [5.41, 5.74) is 8.49. The zero-order chi connectivity index (χ0) is 32.1. The second kappa shape index (κ2) is 12.0. The molecule has 0 N–H and O–H groups in total. The monoisotopic (exact) mass is 656 g/mol. The fourth-order valence-electron chi connectivity index (χ4n) is 6.59. The van der Waals surface area contributed by atoms with Crippen LogP contribution in [0.25, 0.3) is 11.1 Å². The summed E-state index contributed by atoms with van der Waals surface area (Å²) in [6, 6.07) is 17.3. The van der Waals surface area contributed by atoms with Crippen LogP contribution < -0.4 is 9.47 Å². The van der Waals surface area contributed by atoms with Crippen molar-refractivity contribution < 1.29 is 32.7 Å². The first kappa shape index (κ1) is 33.8. The Kier molecular flexibility index (Phi) is 9.43. The third-order valence-electron chi connectivity index (χ3n) is 8.87. The Labute approximate surface area is 274 Å². The van der Waals surface area contributed by atoms with E-state index in [-0.39, 0.29) is 21.7 Å². The summed E-state index contributed by atoms with van der Waals surface area (Å²) in [6.45, 7) is 28.7. The van der Waals surface area contributed by atoms with Crippen LogP contribution in [-0.2, 0) is 23.2 Å². The second-order valence-electron chi connectivity index (χ2n) is 16.5. The summed E-state index contributed by atoms with van der Waals surface area (Å²) in [7, 11) is 3.62. The number of rotatable bonds is 6. The molecule has 4 rings (SSSR count). The van der Waals surface area contributed by atoms with Crippen LogP contribution in [0.15, 0.2) is 78.4 Å². The zero-order valence-corrected chi connectivity index (χ0v) is 31.7. The Morgan fingerprint density at radius 1 is 0.512 bits per heavy atom.